The summed E-state index contributed by atoms with van der Waals surface area (Å²) in [5, 5.41) is 12.2. The average molecular weight is 192 g/mol. The summed E-state index contributed by atoms with van der Waals surface area (Å²) in [4.78, 5) is 10.6. The van der Waals surface area contributed by atoms with Gasteiger partial charge in [0.25, 0.3) is 0 Å². The Morgan fingerprint density at radius 2 is 1.75 bits per heavy atom. The zero-order chi connectivity index (χ0) is 7.84. The zero-order valence-corrected chi connectivity index (χ0v) is 7.64. The van der Waals surface area contributed by atoms with Crippen LogP contribution in [-0.2, 0) is 4.79 Å². The first-order valence-electron chi connectivity index (χ1n) is 4.24. The fourth-order valence-electron chi connectivity index (χ4n) is 2.26. The van der Waals surface area contributed by atoms with Crippen molar-refractivity contribution in [3.05, 3.63) is 0 Å². The summed E-state index contributed by atoms with van der Waals surface area (Å²) in [6.45, 7) is 0. The van der Waals surface area contributed by atoms with Gasteiger partial charge in [0.2, 0.25) is 0 Å². The number of piperidine rings is 1. The van der Waals surface area contributed by atoms with E-state index in [1.54, 1.807) is 0 Å². The van der Waals surface area contributed by atoms with E-state index in [1.807, 2.05) is 0 Å². The van der Waals surface area contributed by atoms with Crippen molar-refractivity contribution in [3.8, 4) is 0 Å². The molecule has 0 aromatic heterocycles. The molecule has 0 radical (unpaired) electrons. The standard InChI is InChI=1S/C8H13NO2.ClH/c10-8(11)5-3-6-1-2-7(4-5)9-6;/h5-7,9H,1-4H2,(H,10,11);1H/t5?,6-,7+;. The van der Waals surface area contributed by atoms with Crippen LogP contribution in [0.3, 0.4) is 0 Å². The Labute approximate surface area is 77.9 Å². The van der Waals surface area contributed by atoms with Crippen molar-refractivity contribution in [1.82, 2.24) is 5.32 Å². The first-order chi connectivity index (χ1) is 5.25. The van der Waals surface area contributed by atoms with Gasteiger partial charge in [0.1, 0.15) is 0 Å². The second kappa shape index (κ2) is 3.62. The van der Waals surface area contributed by atoms with E-state index in [-0.39, 0.29) is 18.3 Å². The summed E-state index contributed by atoms with van der Waals surface area (Å²) in [6, 6.07) is 0.990. The van der Waals surface area contributed by atoms with Gasteiger partial charge in [0, 0.05) is 12.1 Å². The molecule has 70 valence electrons. The first kappa shape index (κ1) is 9.81. The fraction of sp³-hybridized carbons (Fsp3) is 0.875. The van der Waals surface area contributed by atoms with E-state index < -0.39 is 5.97 Å². The minimum atomic E-state index is -0.608. The molecule has 0 aromatic carbocycles. The van der Waals surface area contributed by atoms with Gasteiger partial charge in [-0.15, -0.1) is 12.4 Å². The largest absolute Gasteiger partial charge is 0.481 e. The van der Waals surface area contributed by atoms with Crippen molar-refractivity contribution in [2.24, 2.45) is 5.92 Å². The molecule has 0 spiro atoms. The number of carboxylic acid groups (broad SMARTS) is 1. The summed E-state index contributed by atoms with van der Waals surface area (Å²) < 4.78 is 0. The Balaban J connectivity index is 0.000000720. The molecule has 0 saturated carbocycles. The third kappa shape index (κ3) is 1.72. The number of hydrogen-bond acceptors (Lipinski definition) is 2. The Hall–Kier alpha value is -0.280. The van der Waals surface area contributed by atoms with Gasteiger partial charge >= 0.3 is 5.97 Å². The highest BCUT2D eigenvalue weighted by atomic mass is 35.5. The highest BCUT2D eigenvalue weighted by Gasteiger charge is 2.36. The predicted molar refractivity (Wildman–Crippen MR) is 47.6 cm³/mol. The summed E-state index contributed by atoms with van der Waals surface area (Å²) in [6.07, 6.45) is 4.03. The molecular formula is C8H14ClNO2. The number of aliphatic carboxylic acids is 1. The molecule has 3 atom stereocenters. The highest BCUT2D eigenvalue weighted by molar-refractivity contribution is 5.85. The third-order valence-corrected chi connectivity index (χ3v) is 2.82. The van der Waals surface area contributed by atoms with E-state index >= 15 is 0 Å². The number of carbonyl (C=O) groups is 1. The van der Waals surface area contributed by atoms with Gasteiger partial charge in [0.15, 0.2) is 0 Å². The Morgan fingerprint density at radius 3 is 2.17 bits per heavy atom. The monoisotopic (exact) mass is 191 g/mol. The van der Waals surface area contributed by atoms with Crippen LogP contribution in [0.15, 0.2) is 0 Å². The van der Waals surface area contributed by atoms with Crippen LogP contribution in [0.4, 0.5) is 0 Å². The fourth-order valence-corrected chi connectivity index (χ4v) is 2.26. The number of hydrogen-bond donors (Lipinski definition) is 2. The van der Waals surface area contributed by atoms with Gasteiger partial charge in [0.05, 0.1) is 5.92 Å². The number of fused-ring (bicyclic) bond motifs is 2. The van der Waals surface area contributed by atoms with E-state index in [4.69, 9.17) is 5.11 Å². The van der Waals surface area contributed by atoms with Gasteiger partial charge in [-0.1, -0.05) is 0 Å². The smallest absolute Gasteiger partial charge is 0.306 e. The van der Waals surface area contributed by atoms with Gasteiger partial charge in [-0.05, 0) is 25.7 Å². The van der Waals surface area contributed by atoms with E-state index in [2.05, 4.69) is 5.32 Å². The van der Waals surface area contributed by atoms with Crippen molar-refractivity contribution < 1.29 is 9.90 Å². The lowest BCUT2D eigenvalue weighted by Gasteiger charge is -2.25. The van der Waals surface area contributed by atoms with E-state index in [0.717, 1.165) is 12.8 Å². The molecule has 0 aliphatic carbocycles. The molecule has 1 unspecified atom stereocenters. The molecule has 2 bridgehead atoms. The van der Waals surface area contributed by atoms with Crippen molar-refractivity contribution in [2.75, 3.05) is 0 Å². The van der Waals surface area contributed by atoms with Crippen LogP contribution < -0.4 is 5.32 Å². The van der Waals surface area contributed by atoms with Crippen LogP contribution in [0, 0.1) is 5.92 Å². The quantitative estimate of drug-likeness (QED) is 0.651. The Bertz CT molecular complexity index is 174. The van der Waals surface area contributed by atoms with Crippen molar-refractivity contribution in [2.45, 2.75) is 37.8 Å². The van der Waals surface area contributed by atoms with Gasteiger partial charge in [-0.2, -0.15) is 0 Å². The lowest BCUT2D eigenvalue weighted by atomic mass is 9.93. The lowest BCUT2D eigenvalue weighted by molar-refractivity contribution is -0.143. The first-order valence-corrected chi connectivity index (χ1v) is 4.24. The Morgan fingerprint density at radius 1 is 1.25 bits per heavy atom. The Kier molecular flexibility index (Phi) is 2.96. The summed E-state index contributed by atoms with van der Waals surface area (Å²) in [7, 11) is 0. The normalized spacial score (nSPS) is 38.8. The van der Waals surface area contributed by atoms with Crippen molar-refractivity contribution in [1.29, 1.82) is 0 Å². The number of carboxylic acids is 1. The van der Waals surface area contributed by atoms with Crippen LogP contribution in [0.5, 0.6) is 0 Å². The molecule has 3 nitrogen and oxygen atoms in total. The molecule has 12 heavy (non-hydrogen) atoms. The lowest BCUT2D eigenvalue weighted by Crippen LogP contribution is -2.40. The molecule has 2 aliphatic rings. The van der Waals surface area contributed by atoms with Crippen LogP contribution in [0.1, 0.15) is 25.7 Å². The molecule has 2 heterocycles. The van der Waals surface area contributed by atoms with Gasteiger partial charge in [-0.3, -0.25) is 4.79 Å². The maximum absolute atomic E-state index is 10.6. The van der Waals surface area contributed by atoms with Crippen LogP contribution in [0.2, 0.25) is 0 Å². The summed E-state index contributed by atoms with van der Waals surface area (Å²) in [5.41, 5.74) is 0. The summed E-state index contributed by atoms with van der Waals surface area (Å²) >= 11 is 0. The van der Waals surface area contributed by atoms with E-state index in [0.29, 0.717) is 12.1 Å². The summed E-state index contributed by atoms with van der Waals surface area (Å²) in [5.74, 6) is -0.683. The second-order valence-corrected chi connectivity index (χ2v) is 3.64. The van der Waals surface area contributed by atoms with Crippen LogP contribution in [-0.4, -0.2) is 23.2 Å². The van der Waals surface area contributed by atoms with E-state index in [9.17, 15) is 4.79 Å². The molecular weight excluding hydrogens is 178 g/mol. The topological polar surface area (TPSA) is 49.3 Å². The second-order valence-electron chi connectivity index (χ2n) is 3.64. The van der Waals surface area contributed by atoms with Gasteiger partial charge < -0.3 is 10.4 Å². The molecule has 2 aliphatic heterocycles. The molecule has 4 heteroatoms. The number of halogens is 1. The number of nitrogens with one attached hydrogen (secondary N) is 1. The predicted octanol–water partition coefficient (Wildman–Crippen LogP) is 1.02. The molecule has 2 fully saturated rings. The SMILES string of the molecule is Cl.O=C(O)C1C[C@H]2CC[C@@H](C1)N2. The van der Waals surface area contributed by atoms with Crippen molar-refractivity contribution >= 4 is 18.4 Å². The van der Waals surface area contributed by atoms with Crippen molar-refractivity contribution in [3.63, 3.8) is 0 Å². The maximum Gasteiger partial charge on any atom is 0.306 e. The van der Waals surface area contributed by atoms with Crippen LogP contribution >= 0.6 is 12.4 Å². The van der Waals surface area contributed by atoms with Crippen LogP contribution in [0.25, 0.3) is 0 Å². The molecule has 2 rings (SSSR count). The molecule has 2 N–H and O–H groups in total. The van der Waals surface area contributed by atoms with E-state index in [1.165, 1.54) is 12.8 Å². The number of rotatable bonds is 1. The third-order valence-electron chi connectivity index (χ3n) is 2.82. The highest BCUT2D eigenvalue weighted by Crippen LogP contribution is 2.30. The molecule has 0 aromatic rings. The zero-order valence-electron chi connectivity index (χ0n) is 6.82. The molecule has 0 amide bonds. The minimum Gasteiger partial charge on any atom is -0.481 e. The minimum absolute atomic E-state index is 0. The molecule has 2 saturated heterocycles. The average Bonchev–Trinajstić information content (AvgIpc) is 2.30. The van der Waals surface area contributed by atoms with Gasteiger partial charge in [-0.25, -0.2) is 0 Å². The maximum atomic E-state index is 10.6.